The SMILES string of the molecule is NCCC[C@H](NC(=O)c1ccccc1)c1nnc(CC(N)=O)o1. The number of rotatable bonds is 8. The summed E-state index contributed by atoms with van der Waals surface area (Å²) in [4.78, 5) is 23.2. The normalized spacial score (nSPS) is 11.9. The Hall–Kier alpha value is -2.74. The summed E-state index contributed by atoms with van der Waals surface area (Å²) in [6.45, 7) is 0.472. The molecule has 0 saturated carbocycles. The molecule has 0 fully saturated rings. The lowest BCUT2D eigenvalue weighted by Gasteiger charge is -2.14. The first-order chi connectivity index (χ1) is 11.1. The van der Waals surface area contributed by atoms with Gasteiger partial charge in [0, 0.05) is 5.56 Å². The highest BCUT2D eigenvalue weighted by Crippen LogP contribution is 2.18. The minimum atomic E-state index is -0.563. The maximum Gasteiger partial charge on any atom is 0.251 e. The van der Waals surface area contributed by atoms with Crippen LogP contribution in [-0.4, -0.2) is 28.6 Å². The molecule has 0 unspecified atom stereocenters. The van der Waals surface area contributed by atoms with Gasteiger partial charge in [0.2, 0.25) is 17.7 Å². The zero-order valence-electron chi connectivity index (χ0n) is 12.6. The van der Waals surface area contributed by atoms with Gasteiger partial charge in [0.05, 0.1) is 0 Å². The number of nitrogens with one attached hydrogen (secondary N) is 1. The van der Waals surface area contributed by atoms with Gasteiger partial charge in [-0.2, -0.15) is 0 Å². The van der Waals surface area contributed by atoms with E-state index in [1.54, 1.807) is 24.3 Å². The van der Waals surface area contributed by atoms with Gasteiger partial charge in [-0.25, -0.2) is 0 Å². The molecule has 1 heterocycles. The van der Waals surface area contributed by atoms with Gasteiger partial charge in [-0.3, -0.25) is 9.59 Å². The fraction of sp³-hybridized carbons (Fsp3) is 0.333. The van der Waals surface area contributed by atoms with Crippen molar-refractivity contribution in [3.63, 3.8) is 0 Å². The molecule has 23 heavy (non-hydrogen) atoms. The van der Waals surface area contributed by atoms with Gasteiger partial charge in [0.25, 0.3) is 5.91 Å². The van der Waals surface area contributed by atoms with Crippen LogP contribution in [0.4, 0.5) is 0 Å². The van der Waals surface area contributed by atoms with Gasteiger partial charge < -0.3 is 21.2 Å². The average molecular weight is 317 g/mol. The van der Waals surface area contributed by atoms with Gasteiger partial charge in [-0.05, 0) is 31.5 Å². The minimum absolute atomic E-state index is 0.124. The van der Waals surface area contributed by atoms with E-state index >= 15 is 0 Å². The lowest BCUT2D eigenvalue weighted by Crippen LogP contribution is -2.29. The summed E-state index contributed by atoms with van der Waals surface area (Å²) in [7, 11) is 0. The number of aromatic nitrogens is 2. The molecule has 0 spiro atoms. The number of carbonyl (C=O) groups excluding carboxylic acids is 2. The topological polar surface area (TPSA) is 137 Å². The zero-order valence-corrected chi connectivity index (χ0v) is 12.6. The third kappa shape index (κ3) is 4.89. The number of benzene rings is 1. The Labute approximate surface area is 133 Å². The largest absolute Gasteiger partial charge is 0.422 e. The van der Waals surface area contributed by atoms with Crippen molar-refractivity contribution in [1.29, 1.82) is 0 Å². The Morgan fingerprint density at radius 3 is 2.61 bits per heavy atom. The molecule has 2 rings (SSSR count). The molecule has 8 nitrogen and oxygen atoms in total. The van der Waals surface area contributed by atoms with E-state index in [-0.39, 0.29) is 24.1 Å². The predicted molar refractivity (Wildman–Crippen MR) is 82.1 cm³/mol. The van der Waals surface area contributed by atoms with Gasteiger partial charge in [0.15, 0.2) is 0 Å². The number of hydrogen-bond donors (Lipinski definition) is 3. The quantitative estimate of drug-likeness (QED) is 0.640. The summed E-state index contributed by atoms with van der Waals surface area (Å²) in [5.74, 6) is -0.451. The average Bonchev–Trinajstić information content (AvgIpc) is 2.99. The molecule has 5 N–H and O–H groups in total. The van der Waals surface area contributed by atoms with Crippen LogP contribution in [0, 0.1) is 0 Å². The van der Waals surface area contributed by atoms with Crippen molar-refractivity contribution in [2.75, 3.05) is 6.54 Å². The number of nitrogens with two attached hydrogens (primary N) is 2. The Balaban J connectivity index is 2.11. The van der Waals surface area contributed by atoms with Gasteiger partial charge in [0.1, 0.15) is 12.5 Å². The van der Waals surface area contributed by atoms with Crippen molar-refractivity contribution in [3.8, 4) is 0 Å². The maximum atomic E-state index is 12.3. The number of amides is 2. The molecule has 0 aliphatic rings. The second-order valence-electron chi connectivity index (χ2n) is 5.00. The predicted octanol–water partition coefficient (Wildman–Crippen LogP) is 0.307. The van der Waals surface area contributed by atoms with Crippen LogP contribution in [0.1, 0.15) is 41.0 Å². The molecule has 1 atom stereocenters. The Kier molecular flexibility index (Phi) is 5.81. The molecular formula is C15H19N5O3. The number of nitrogens with zero attached hydrogens (tertiary/aromatic N) is 2. The van der Waals surface area contributed by atoms with Gasteiger partial charge in [-0.15, -0.1) is 10.2 Å². The molecule has 1 aromatic heterocycles. The lowest BCUT2D eigenvalue weighted by atomic mass is 10.1. The van der Waals surface area contributed by atoms with E-state index in [9.17, 15) is 9.59 Å². The van der Waals surface area contributed by atoms with Gasteiger partial charge in [-0.1, -0.05) is 18.2 Å². The first-order valence-corrected chi connectivity index (χ1v) is 7.26. The van der Waals surface area contributed by atoms with Crippen molar-refractivity contribution in [2.45, 2.75) is 25.3 Å². The van der Waals surface area contributed by atoms with Gasteiger partial charge >= 0.3 is 0 Å². The summed E-state index contributed by atoms with van der Waals surface area (Å²) < 4.78 is 5.41. The molecule has 2 aromatic rings. The van der Waals surface area contributed by atoms with Crippen molar-refractivity contribution in [3.05, 3.63) is 47.7 Å². The third-order valence-corrected chi connectivity index (χ3v) is 3.14. The number of carbonyl (C=O) groups is 2. The molecule has 8 heteroatoms. The van der Waals surface area contributed by atoms with E-state index < -0.39 is 11.9 Å². The van der Waals surface area contributed by atoms with Crippen molar-refractivity contribution < 1.29 is 14.0 Å². The number of hydrogen-bond acceptors (Lipinski definition) is 6. The van der Waals surface area contributed by atoms with Crippen LogP contribution in [0.2, 0.25) is 0 Å². The monoisotopic (exact) mass is 317 g/mol. The van der Waals surface area contributed by atoms with E-state index in [2.05, 4.69) is 15.5 Å². The second-order valence-corrected chi connectivity index (χ2v) is 5.00. The summed E-state index contributed by atoms with van der Waals surface area (Å²) in [6, 6.07) is 8.34. The van der Waals surface area contributed by atoms with E-state index in [0.29, 0.717) is 24.9 Å². The first-order valence-electron chi connectivity index (χ1n) is 7.26. The standard InChI is InChI=1S/C15H19N5O3/c16-8-4-7-11(15-20-19-13(23-15)9-12(17)21)18-14(22)10-5-2-1-3-6-10/h1-3,5-6,11H,4,7-9,16H2,(H2,17,21)(H,18,22)/t11-/m0/s1. The summed E-state index contributed by atoms with van der Waals surface area (Å²) in [6.07, 6.45) is 1.09. The van der Waals surface area contributed by atoms with Crippen LogP contribution in [0.3, 0.4) is 0 Å². The highest BCUT2D eigenvalue weighted by atomic mass is 16.4. The lowest BCUT2D eigenvalue weighted by molar-refractivity contribution is -0.117. The number of primary amides is 1. The Morgan fingerprint density at radius 1 is 1.22 bits per heavy atom. The second kappa shape index (κ2) is 8.04. The summed E-state index contributed by atoms with van der Waals surface area (Å²) in [5, 5.41) is 10.5. The summed E-state index contributed by atoms with van der Waals surface area (Å²) >= 11 is 0. The van der Waals surface area contributed by atoms with Crippen molar-refractivity contribution in [1.82, 2.24) is 15.5 Å². The van der Waals surface area contributed by atoms with E-state index in [1.807, 2.05) is 6.07 Å². The van der Waals surface area contributed by atoms with Crippen LogP contribution in [0.5, 0.6) is 0 Å². The fourth-order valence-corrected chi connectivity index (χ4v) is 2.04. The van der Waals surface area contributed by atoms with Crippen LogP contribution < -0.4 is 16.8 Å². The van der Waals surface area contributed by atoms with Crippen LogP contribution in [0.25, 0.3) is 0 Å². The smallest absolute Gasteiger partial charge is 0.251 e. The summed E-state index contributed by atoms with van der Waals surface area (Å²) in [5.41, 5.74) is 11.2. The zero-order chi connectivity index (χ0) is 16.7. The Morgan fingerprint density at radius 2 is 1.96 bits per heavy atom. The van der Waals surface area contributed by atoms with E-state index in [4.69, 9.17) is 15.9 Å². The maximum absolute atomic E-state index is 12.3. The Bertz CT molecular complexity index is 656. The van der Waals surface area contributed by atoms with Crippen molar-refractivity contribution in [2.24, 2.45) is 11.5 Å². The molecule has 0 aliphatic heterocycles. The molecule has 0 radical (unpaired) electrons. The van der Waals surface area contributed by atoms with Crippen LogP contribution in [-0.2, 0) is 11.2 Å². The molecule has 2 amide bonds. The molecule has 1 aromatic carbocycles. The minimum Gasteiger partial charge on any atom is -0.422 e. The van der Waals surface area contributed by atoms with Crippen molar-refractivity contribution >= 4 is 11.8 Å². The molecular weight excluding hydrogens is 298 g/mol. The molecule has 0 bridgehead atoms. The molecule has 122 valence electrons. The van der Waals surface area contributed by atoms with E-state index in [1.165, 1.54) is 0 Å². The molecule has 0 saturated heterocycles. The first kappa shape index (κ1) is 16.6. The van der Waals surface area contributed by atoms with E-state index in [0.717, 1.165) is 0 Å². The highest BCUT2D eigenvalue weighted by molar-refractivity contribution is 5.94. The van der Waals surface area contributed by atoms with Crippen LogP contribution in [0.15, 0.2) is 34.7 Å². The molecule has 0 aliphatic carbocycles. The third-order valence-electron chi connectivity index (χ3n) is 3.14. The highest BCUT2D eigenvalue weighted by Gasteiger charge is 2.21. The fourth-order valence-electron chi connectivity index (χ4n) is 2.04. The van der Waals surface area contributed by atoms with Crippen LogP contribution >= 0.6 is 0 Å².